The topological polar surface area (TPSA) is 134 Å². The van der Waals surface area contributed by atoms with Crippen molar-refractivity contribution >= 4 is 13.6 Å². The third-order valence-electron chi connectivity index (χ3n) is 4.95. The summed E-state index contributed by atoms with van der Waals surface area (Å²) in [7, 11) is -3.08. The fourth-order valence-corrected chi connectivity index (χ4v) is 3.58. The monoisotopic (exact) mass is 501 g/mol. The molecule has 0 amide bonds. The minimum atomic E-state index is -4.16. The van der Waals surface area contributed by atoms with Gasteiger partial charge in [0.25, 0.3) is 5.82 Å². The molecular weight excluding hydrogens is 478 g/mol. The third-order valence-corrected chi connectivity index (χ3v) is 5.85. The molecule has 182 valence electrons. The number of halogens is 1. The number of phosphoric ester groups is 1. The van der Waals surface area contributed by atoms with Crippen LogP contribution in [0.1, 0.15) is 17.0 Å². The smallest absolute Gasteiger partial charge is 0.473 e. The van der Waals surface area contributed by atoms with Crippen molar-refractivity contribution in [3.8, 4) is 17.2 Å². The molecule has 0 saturated heterocycles. The Morgan fingerprint density at radius 1 is 1.14 bits per heavy atom. The Morgan fingerprint density at radius 3 is 2.77 bits per heavy atom. The lowest BCUT2D eigenvalue weighted by Crippen LogP contribution is -2.38. The fraction of sp³-hybridized carbons (Fsp3) is 0.174. The average Bonchev–Trinajstić information content (AvgIpc) is 3.30. The fourth-order valence-electron chi connectivity index (χ4n) is 3.20. The standard InChI is InChI=1S/C23H22FN4O6P/c1-31-35(29,30)33-15-28-10-4-8-20(23(28)25)21-13-19(27-34-21)12-18-7-3-9-22(26-18)32-14-16-5-2-6-17(24)11-16/h2-11,13,25H,12,14-15H2,1H3,(H,29,30)/p+1. The van der Waals surface area contributed by atoms with Crippen LogP contribution in [0.3, 0.4) is 0 Å². The van der Waals surface area contributed by atoms with E-state index in [1.54, 1.807) is 42.6 Å². The maximum Gasteiger partial charge on any atom is 0.475 e. The number of pyridine rings is 2. The number of nitrogen functional groups attached to an aromatic ring is 1. The molecule has 3 aromatic heterocycles. The van der Waals surface area contributed by atoms with Crippen LogP contribution in [0.2, 0.25) is 0 Å². The van der Waals surface area contributed by atoms with E-state index in [-0.39, 0.29) is 25.0 Å². The Morgan fingerprint density at radius 2 is 1.97 bits per heavy atom. The number of nitrogens with two attached hydrogens (primary N) is 1. The van der Waals surface area contributed by atoms with Crippen LogP contribution in [0, 0.1) is 5.82 Å². The van der Waals surface area contributed by atoms with Gasteiger partial charge in [0.2, 0.25) is 12.6 Å². The van der Waals surface area contributed by atoms with Gasteiger partial charge in [-0.1, -0.05) is 23.4 Å². The highest BCUT2D eigenvalue weighted by Crippen LogP contribution is 2.41. The summed E-state index contributed by atoms with van der Waals surface area (Å²) in [5, 5.41) is 4.09. The van der Waals surface area contributed by atoms with Crippen LogP contribution < -0.4 is 15.0 Å². The van der Waals surface area contributed by atoms with Gasteiger partial charge < -0.3 is 14.2 Å². The summed E-state index contributed by atoms with van der Waals surface area (Å²) in [6.45, 7) is -0.107. The van der Waals surface area contributed by atoms with Crippen molar-refractivity contribution in [2.75, 3.05) is 12.8 Å². The first-order valence-corrected chi connectivity index (χ1v) is 11.9. The highest BCUT2D eigenvalue weighted by molar-refractivity contribution is 7.47. The minimum Gasteiger partial charge on any atom is -0.473 e. The van der Waals surface area contributed by atoms with Gasteiger partial charge in [0, 0.05) is 25.7 Å². The summed E-state index contributed by atoms with van der Waals surface area (Å²) in [6.07, 6.45) is 1.96. The van der Waals surface area contributed by atoms with E-state index in [1.165, 1.54) is 16.7 Å². The first-order valence-electron chi connectivity index (χ1n) is 10.4. The largest absolute Gasteiger partial charge is 0.475 e. The highest BCUT2D eigenvalue weighted by atomic mass is 31.2. The van der Waals surface area contributed by atoms with Gasteiger partial charge in [0.05, 0.1) is 17.6 Å². The Labute approximate surface area is 200 Å². The summed E-state index contributed by atoms with van der Waals surface area (Å²) in [6, 6.07) is 16.7. The number of aromatic nitrogens is 3. The van der Waals surface area contributed by atoms with Crippen LogP contribution >= 0.6 is 7.82 Å². The van der Waals surface area contributed by atoms with Gasteiger partial charge in [0.15, 0.2) is 5.76 Å². The molecule has 35 heavy (non-hydrogen) atoms. The Hall–Kier alpha value is -3.63. The van der Waals surface area contributed by atoms with Crippen molar-refractivity contribution in [2.24, 2.45) is 0 Å². The van der Waals surface area contributed by atoms with Gasteiger partial charge in [-0.15, -0.1) is 0 Å². The van der Waals surface area contributed by atoms with Crippen LogP contribution in [0.4, 0.5) is 10.2 Å². The van der Waals surface area contributed by atoms with E-state index >= 15 is 0 Å². The molecule has 4 aromatic rings. The van der Waals surface area contributed by atoms with E-state index in [1.807, 2.05) is 12.1 Å². The molecule has 0 aliphatic heterocycles. The number of anilines is 1. The maximum atomic E-state index is 13.3. The number of phosphoric acid groups is 1. The molecule has 0 saturated carbocycles. The van der Waals surface area contributed by atoms with E-state index in [2.05, 4.69) is 14.7 Å². The van der Waals surface area contributed by atoms with Crippen molar-refractivity contribution < 1.29 is 36.7 Å². The summed E-state index contributed by atoms with van der Waals surface area (Å²) < 4.78 is 46.7. The molecule has 3 heterocycles. The van der Waals surface area contributed by atoms with Crippen molar-refractivity contribution in [1.82, 2.24) is 10.1 Å². The summed E-state index contributed by atoms with van der Waals surface area (Å²) >= 11 is 0. The van der Waals surface area contributed by atoms with Crippen LogP contribution in [0.25, 0.3) is 11.3 Å². The first kappa shape index (κ1) is 24.5. The third kappa shape index (κ3) is 6.49. The lowest BCUT2D eigenvalue weighted by atomic mass is 10.1. The van der Waals surface area contributed by atoms with Gasteiger partial charge in [-0.25, -0.2) is 23.0 Å². The molecule has 3 N–H and O–H groups in total. The zero-order valence-corrected chi connectivity index (χ0v) is 19.6. The molecule has 10 nitrogen and oxygen atoms in total. The zero-order chi connectivity index (χ0) is 24.8. The van der Waals surface area contributed by atoms with Crippen LogP contribution in [0.15, 0.2) is 71.4 Å². The number of nitrogens with zero attached hydrogens (tertiary/aromatic N) is 3. The van der Waals surface area contributed by atoms with Crippen molar-refractivity contribution in [3.63, 3.8) is 0 Å². The molecule has 1 aromatic carbocycles. The van der Waals surface area contributed by atoms with Crippen LogP contribution in [-0.2, 0) is 33.4 Å². The van der Waals surface area contributed by atoms with Crippen molar-refractivity contribution in [3.05, 3.63) is 89.6 Å². The minimum absolute atomic E-state index is 0.190. The maximum absolute atomic E-state index is 13.3. The quantitative estimate of drug-likeness (QED) is 0.247. The predicted octanol–water partition coefficient (Wildman–Crippen LogP) is 3.64. The van der Waals surface area contributed by atoms with Crippen LogP contribution in [-0.4, -0.2) is 22.1 Å². The summed E-state index contributed by atoms with van der Waals surface area (Å²) in [4.78, 5) is 13.9. The van der Waals surface area contributed by atoms with E-state index in [0.717, 1.165) is 7.11 Å². The number of hydrogen-bond acceptors (Lipinski definition) is 8. The van der Waals surface area contributed by atoms with Gasteiger partial charge in [-0.3, -0.25) is 10.3 Å². The molecular formula is C23H23FN4O6P+. The summed E-state index contributed by atoms with van der Waals surface area (Å²) in [5.74, 6) is 0.734. The van der Waals surface area contributed by atoms with Gasteiger partial charge >= 0.3 is 7.82 Å². The highest BCUT2D eigenvalue weighted by Gasteiger charge is 2.22. The Bertz CT molecular complexity index is 1370. The average molecular weight is 501 g/mol. The van der Waals surface area contributed by atoms with Gasteiger partial charge in [-0.05, 0) is 35.9 Å². The molecule has 12 heteroatoms. The Balaban J connectivity index is 1.44. The molecule has 0 bridgehead atoms. The second kappa shape index (κ2) is 10.7. The molecule has 1 unspecified atom stereocenters. The van der Waals surface area contributed by atoms with E-state index in [4.69, 9.17) is 19.5 Å². The van der Waals surface area contributed by atoms with E-state index < -0.39 is 7.82 Å². The predicted molar refractivity (Wildman–Crippen MR) is 122 cm³/mol. The second-order valence-electron chi connectivity index (χ2n) is 7.43. The Kier molecular flexibility index (Phi) is 7.52. The van der Waals surface area contributed by atoms with Crippen molar-refractivity contribution in [2.45, 2.75) is 19.8 Å². The first-order chi connectivity index (χ1) is 16.8. The normalized spacial score (nSPS) is 12.9. The van der Waals surface area contributed by atoms with Gasteiger partial charge in [0.1, 0.15) is 18.0 Å². The molecule has 0 aliphatic carbocycles. The molecule has 0 aliphatic rings. The molecule has 1 atom stereocenters. The lowest BCUT2D eigenvalue weighted by Gasteiger charge is -2.09. The van der Waals surface area contributed by atoms with Gasteiger partial charge in [-0.2, -0.15) is 0 Å². The molecule has 0 spiro atoms. The molecule has 4 rings (SSSR count). The number of hydrogen-bond donors (Lipinski definition) is 2. The number of ether oxygens (including phenoxy) is 1. The summed E-state index contributed by atoms with van der Waals surface area (Å²) in [5.41, 5.74) is 8.73. The number of benzene rings is 1. The van der Waals surface area contributed by atoms with E-state index in [9.17, 15) is 13.8 Å². The second-order valence-corrected chi connectivity index (χ2v) is 8.99. The SMILES string of the molecule is COP(=O)(O)OC[n+]1cccc(-c2cc(Cc3cccc(OCc4cccc(F)c4)n3)no2)c1N. The zero-order valence-electron chi connectivity index (χ0n) is 18.7. The number of rotatable bonds is 10. The molecule has 0 radical (unpaired) electrons. The molecule has 0 fully saturated rings. The lowest BCUT2D eigenvalue weighted by molar-refractivity contribution is -0.711. The van der Waals surface area contributed by atoms with E-state index in [0.29, 0.717) is 40.6 Å². The van der Waals surface area contributed by atoms with Crippen molar-refractivity contribution in [1.29, 1.82) is 0 Å². The van der Waals surface area contributed by atoms with Crippen LogP contribution in [0.5, 0.6) is 5.88 Å².